The topological polar surface area (TPSA) is 90.7 Å². The maximum atomic E-state index is 12.3. The van der Waals surface area contributed by atoms with Crippen molar-refractivity contribution in [3.05, 3.63) is 56.2 Å². The van der Waals surface area contributed by atoms with Crippen LogP contribution in [0.25, 0.3) is 5.69 Å². The number of nitrogens with zero attached hydrogens (tertiary/aromatic N) is 3. The summed E-state index contributed by atoms with van der Waals surface area (Å²) in [5.74, 6) is -0.390. The summed E-state index contributed by atoms with van der Waals surface area (Å²) in [6, 6.07) is 7.12. The van der Waals surface area contributed by atoms with E-state index >= 15 is 0 Å². The van der Waals surface area contributed by atoms with Gasteiger partial charge in [0.1, 0.15) is 5.56 Å². The van der Waals surface area contributed by atoms with Gasteiger partial charge in [0.05, 0.1) is 11.4 Å². The van der Waals surface area contributed by atoms with Crippen molar-refractivity contribution in [3.8, 4) is 11.6 Å². The van der Waals surface area contributed by atoms with E-state index in [4.69, 9.17) is 0 Å². The lowest BCUT2D eigenvalue weighted by atomic mass is 10.2. The molecule has 1 fully saturated rings. The number of rotatable bonds is 3. The molecule has 3 rings (SSSR count). The zero-order valence-corrected chi connectivity index (χ0v) is 15.2. The zero-order valence-electron chi connectivity index (χ0n) is 15.2. The minimum absolute atomic E-state index is 0.0226. The number of aromatic nitrogens is 2. The fourth-order valence-electron chi connectivity index (χ4n) is 3.20. The van der Waals surface area contributed by atoms with Crippen LogP contribution in [-0.2, 0) is 0 Å². The first-order chi connectivity index (χ1) is 12.5. The van der Waals surface area contributed by atoms with Crippen LogP contribution in [0.15, 0.2) is 39.0 Å². The van der Waals surface area contributed by atoms with Crippen LogP contribution in [0, 0.1) is 6.92 Å². The molecule has 7 nitrogen and oxygen atoms in total. The number of hydrazone groups is 1. The molecule has 1 aliphatic rings. The van der Waals surface area contributed by atoms with Crippen molar-refractivity contribution < 1.29 is 5.11 Å². The summed E-state index contributed by atoms with van der Waals surface area (Å²) in [5.41, 5.74) is 0.624. The van der Waals surface area contributed by atoms with E-state index in [0.717, 1.165) is 36.1 Å². The molecule has 26 heavy (non-hydrogen) atoms. The largest absolute Gasteiger partial charge is 0.493 e. The third-order valence-electron chi connectivity index (χ3n) is 4.61. The summed E-state index contributed by atoms with van der Waals surface area (Å²) in [5, 5.41) is 17.1. The Hall–Kier alpha value is -2.83. The van der Waals surface area contributed by atoms with Gasteiger partial charge in [0.2, 0.25) is 5.88 Å². The van der Waals surface area contributed by atoms with Gasteiger partial charge in [-0.1, -0.05) is 30.5 Å². The Kier molecular flexibility index (Phi) is 5.25. The first kappa shape index (κ1) is 18.0. The minimum atomic E-state index is -0.678. The second-order valence-corrected chi connectivity index (χ2v) is 6.68. The van der Waals surface area contributed by atoms with Crippen LogP contribution in [-0.4, -0.2) is 38.5 Å². The Balaban J connectivity index is 2.07. The van der Waals surface area contributed by atoms with Crippen LogP contribution in [0.3, 0.4) is 0 Å². The highest BCUT2D eigenvalue weighted by molar-refractivity contribution is 6.00. The summed E-state index contributed by atoms with van der Waals surface area (Å²) in [4.78, 5) is 26.9. The summed E-state index contributed by atoms with van der Waals surface area (Å²) < 4.78 is 1.09. The number of H-pyrrole nitrogens is 1. The molecule has 0 saturated carbocycles. The molecule has 1 aliphatic heterocycles. The van der Waals surface area contributed by atoms with Crippen molar-refractivity contribution >= 4 is 5.71 Å². The fraction of sp³-hybridized carbons (Fsp3) is 0.421. The van der Waals surface area contributed by atoms with Gasteiger partial charge in [0, 0.05) is 13.1 Å². The number of nitrogens with one attached hydrogen (secondary N) is 1. The average molecular weight is 356 g/mol. The number of aryl methyl sites for hydroxylation is 1. The van der Waals surface area contributed by atoms with Crippen LogP contribution in [0.5, 0.6) is 5.88 Å². The number of hydrogen-bond donors (Lipinski definition) is 2. The Morgan fingerprint density at radius 2 is 1.69 bits per heavy atom. The van der Waals surface area contributed by atoms with Crippen molar-refractivity contribution in [2.24, 2.45) is 5.10 Å². The van der Waals surface area contributed by atoms with Crippen molar-refractivity contribution in [2.45, 2.75) is 39.5 Å². The van der Waals surface area contributed by atoms with Gasteiger partial charge in [-0.25, -0.2) is 9.36 Å². The molecule has 1 saturated heterocycles. The van der Waals surface area contributed by atoms with Crippen LogP contribution < -0.4 is 11.2 Å². The maximum Gasteiger partial charge on any atom is 0.335 e. The summed E-state index contributed by atoms with van der Waals surface area (Å²) >= 11 is 0. The van der Waals surface area contributed by atoms with Crippen molar-refractivity contribution in [3.63, 3.8) is 0 Å². The SMILES string of the molecule is CC(=NN1CCCCCC1)c1c(O)n(-c2ccc(C)cc2)c(=O)[nH]c1=O. The second kappa shape index (κ2) is 7.59. The van der Waals surface area contributed by atoms with E-state index in [0.29, 0.717) is 11.4 Å². The molecule has 0 spiro atoms. The normalized spacial score (nSPS) is 15.8. The van der Waals surface area contributed by atoms with Crippen LogP contribution in [0.2, 0.25) is 0 Å². The van der Waals surface area contributed by atoms with Gasteiger partial charge in [-0.15, -0.1) is 0 Å². The first-order valence-corrected chi connectivity index (χ1v) is 8.93. The minimum Gasteiger partial charge on any atom is -0.493 e. The number of aromatic amines is 1. The van der Waals surface area contributed by atoms with E-state index in [9.17, 15) is 14.7 Å². The lowest BCUT2D eigenvalue weighted by Crippen LogP contribution is -2.33. The van der Waals surface area contributed by atoms with Crippen molar-refractivity contribution in [1.82, 2.24) is 14.6 Å². The Morgan fingerprint density at radius 1 is 1.08 bits per heavy atom. The highest BCUT2D eigenvalue weighted by Gasteiger charge is 2.19. The van der Waals surface area contributed by atoms with E-state index in [-0.39, 0.29) is 5.56 Å². The highest BCUT2D eigenvalue weighted by atomic mass is 16.3. The molecule has 138 valence electrons. The smallest absolute Gasteiger partial charge is 0.335 e. The van der Waals surface area contributed by atoms with E-state index in [1.165, 1.54) is 12.8 Å². The Morgan fingerprint density at radius 3 is 2.31 bits per heavy atom. The monoisotopic (exact) mass is 356 g/mol. The molecule has 7 heteroatoms. The molecular weight excluding hydrogens is 332 g/mol. The van der Waals surface area contributed by atoms with Gasteiger partial charge in [-0.2, -0.15) is 5.10 Å². The Labute approximate surface area is 151 Å². The third-order valence-corrected chi connectivity index (χ3v) is 4.61. The molecule has 1 aromatic carbocycles. The molecule has 2 N–H and O–H groups in total. The Bertz CT molecular complexity index is 917. The molecule has 0 unspecified atom stereocenters. The van der Waals surface area contributed by atoms with Crippen molar-refractivity contribution in [2.75, 3.05) is 13.1 Å². The van der Waals surface area contributed by atoms with Gasteiger partial charge in [-0.3, -0.25) is 14.8 Å². The van der Waals surface area contributed by atoms with E-state index in [1.807, 2.05) is 24.1 Å². The summed E-state index contributed by atoms with van der Waals surface area (Å²) in [6.45, 7) is 5.27. The average Bonchev–Trinajstić information content (AvgIpc) is 2.84. The molecule has 2 heterocycles. The van der Waals surface area contributed by atoms with Gasteiger partial charge in [0.15, 0.2) is 0 Å². The second-order valence-electron chi connectivity index (χ2n) is 6.68. The van der Waals surface area contributed by atoms with Crippen molar-refractivity contribution in [1.29, 1.82) is 0 Å². The van der Waals surface area contributed by atoms with Gasteiger partial charge < -0.3 is 5.11 Å². The zero-order chi connectivity index (χ0) is 18.7. The molecule has 2 aromatic rings. The third kappa shape index (κ3) is 3.71. The number of hydrogen-bond acceptors (Lipinski definition) is 5. The standard InChI is InChI=1S/C19H24N4O3/c1-13-7-9-15(10-8-13)23-18(25)16(17(24)20-19(23)26)14(2)21-22-11-5-3-4-6-12-22/h7-10,25H,3-6,11-12H2,1-2H3,(H,20,24,26). The molecular formula is C19H24N4O3. The van der Waals surface area contributed by atoms with E-state index in [2.05, 4.69) is 10.1 Å². The van der Waals surface area contributed by atoms with Crippen LogP contribution >= 0.6 is 0 Å². The lowest BCUT2D eigenvalue weighted by Gasteiger charge is -2.18. The highest BCUT2D eigenvalue weighted by Crippen LogP contribution is 2.18. The predicted octanol–water partition coefficient (Wildman–Crippen LogP) is 2.14. The molecule has 0 amide bonds. The summed E-state index contributed by atoms with van der Waals surface area (Å²) in [7, 11) is 0. The first-order valence-electron chi connectivity index (χ1n) is 8.93. The predicted molar refractivity (Wildman–Crippen MR) is 101 cm³/mol. The van der Waals surface area contributed by atoms with E-state index in [1.54, 1.807) is 19.1 Å². The number of aromatic hydroxyl groups is 1. The van der Waals surface area contributed by atoms with E-state index < -0.39 is 17.1 Å². The fourth-order valence-corrected chi connectivity index (χ4v) is 3.20. The molecule has 0 bridgehead atoms. The molecule has 0 radical (unpaired) electrons. The van der Waals surface area contributed by atoms with Crippen LogP contribution in [0.4, 0.5) is 0 Å². The molecule has 0 atom stereocenters. The quantitative estimate of drug-likeness (QED) is 0.825. The van der Waals surface area contributed by atoms with Gasteiger partial charge >= 0.3 is 5.69 Å². The number of benzene rings is 1. The van der Waals surface area contributed by atoms with Crippen LogP contribution in [0.1, 0.15) is 43.7 Å². The molecule has 1 aromatic heterocycles. The van der Waals surface area contributed by atoms with Gasteiger partial charge in [-0.05, 0) is 38.8 Å². The maximum absolute atomic E-state index is 12.3. The summed E-state index contributed by atoms with van der Waals surface area (Å²) in [6.07, 6.45) is 4.47. The van der Waals surface area contributed by atoms with Gasteiger partial charge in [0.25, 0.3) is 5.56 Å². The lowest BCUT2D eigenvalue weighted by molar-refractivity contribution is 0.300. The molecule has 0 aliphatic carbocycles.